The Hall–Kier alpha value is -0.930. The fraction of sp³-hybridized carbons (Fsp3) is 0.545. The highest BCUT2D eigenvalue weighted by atomic mass is 16.3. The summed E-state index contributed by atoms with van der Waals surface area (Å²) in [5.74, 6) is 0.202. The summed E-state index contributed by atoms with van der Waals surface area (Å²) in [6, 6.07) is 2.02. The minimum absolute atomic E-state index is 0.0463. The minimum atomic E-state index is 0.0463. The molecule has 0 saturated carbocycles. The summed E-state index contributed by atoms with van der Waals surface area (Å²) in [5.41, 5.74) is 8.22. The first-order chi connectivity index (χ1) is 6.66. The summed E-state index contributed by atoms with van der Waals surface area (Å²) >= 11 is 0. The van der Waals surface area contributed by atoms with E-state index in [-0.39, 0.29) is 18.6 Å². The summed E-state index contributed by atoms with van der Waals surface area (Å²) in [7, 11) is 0. The van der Waals surface area contributed by atoms with Crippen LogP contribution in [0.15, 0.2) is 18.5 Å². The molecular weight excluding hydrogens is 176 g/mol. The average molecular weight is 194 g/mol. The molecule has 3 heteroatoms. The van der Waals surface area contributed by atoms with Gasteiger partial charge in [-0.05, 0) is 37.5 Å². The van der Waals surface area contributed by atoms with Crippen molar-refractivity contribution in [2.45, 2.75) is 32.2 Å². The molecule has 1 aromatic rings. The largest absolute Gasteiger partial charge is 0.396 e. The molecule has 0 bridgehead atoms. The van der Waals surface area contributed by atoms with Crippen molar-refractivity contribution in [1.29, 1.82) is 0 Å². The predicted octanol–water partition coefficient (Wildman–Crippen LogP) is 1.20. The molecule has 1 aromatic heterocycles. The maximum Gasteiger partial charge on any atom is 0.0437 e. The number of aliphatic hydroxyl groups excluding tert-OH is 1. The van der Waals surface area contributed by atoms with Gasteiger partial charge < -0.3 is 10.8 Å². The molecule has 78 valence electrons. The molecule has 0 saturated heterocycles. The molecule has 1 rings (SSSR count). The molecule has 14 heavy (non-hydrogen) atoms. The van der Waals surface area contributed by atoms with Gasteiger partial charge in [0, 0.05) is 31.0 Å². The first kappa shape index (κ1) is 11.1. The van der Waals surface area contributed by atoms with Crippen LogP contribution in [-0.2, 0) is 0 Å². The van der Waals surface area contributed by atoms with Crippen molar-refractivity contribution >= 4 is 0 Å². The number of rotatable bonds is 4. The lowest BCUT2D eigenvalue weighted by Crippen LogP contribution is -2.26. The SMILES string of the molecule is Cc1ccncc1C(CCO)C(C)N. The van der Waals surface area contributed by atoms with E-state index in [9.17, 15) is 0 Å². The van der Waals surface area contributed by atoms with Gasteiger partial charge in [-0.25, -0.2) is 0 Å². The van der Waals surface area contributed by atoms with Gasteiger partial charge in [0.25, 0.3) is 0 Å². The summed E-state index contributed by atoms with van der Waals surface area (Å²) in [4.78, 5) is 4.09. The van der Waals surface area contributed by atoms with Gasteiger partial charge in [0.15, 0.2) is 0 Å². The highest BCUT2D eigenvalue weighted by molar-refractivity contribution is 5.26. The highest BCUT2D eigenvalue weighted by Gasteiger charge is 2.17. The van der Waals surface area contributed by atoms with Gasteiger partial charge in [0.05, 0.1) is 0 Å². The van der Waals surface area contributed by atoms with Crippen LogP contribution in [0.1, 0.15) is 30.4 Å². The molecule has 2 atom stereocenters. The molecular formula is C11H18N2O. The molecule has 0 aliphatic carbocycles. The van der Waals surface area contributed by atoms with Crippen molar-refractivity contribution in [3.8, 4) is 0 Å². The van der Waals surface area contributed by atoms with Gasteiger partial charge in [-0.2, -0.15) is 0 Å². The number of aryl methyl sites for hydroxylation is 1. The Morgan fingerprint density at radius 3 is 2.79 bits per heavy atom. The van der Waals surface area contributed by atoms with Crippen LogP contribution in [0.2, 0.25) is 0 Å². The number of nitrogens with zero attached hydrogens (tertiary/aromatic N) is 1. The van der Waals surface area contributed by atoms with Crippen LogP contribution in [0.3, 0.4) is 0 Å². The van der Waals surface area contributed by atoms with Crippen LogP contribution < -0.4 is 5.73 Å². The third-order valence-electron chi connectivity index (χ3n) is 2.55. The Bertz CT molecular complexity index is 286. The summed E-state index contributed by atoms with van der Waals surface area (Å²) in [5, 5.41) is 8.96. The van der Waals surface area contributed by atoms with Gasteiger partial charge in [0.2, 0.25) is 0 Å². The highest BCUT2D eigenvalue weighted by Crippen LogP contribution is 2.24. The number of aliphatic hydroxyl groups is 1. The van der Waals surface area contributed by atoms with E-state index < -0.39 is 0 Å². The third-order valence-corrected chi connectivity index (χ3v) is 2.55. The van der Waals surface area contributed by atoms with Crippen molar-refractivity contribution < 1.29 is 5.11 Å². The molecule has 0 fully saturated rings. The van der Waals surface area contributed by atoms with E-state index in [4.69, 9.17) is 10.8 Å². The molecule has 1 heterocycles. The lowest BCUT2D eigenvalue weighted by atomic mass is 9.89. The Morgan fingerprint density at radius 2 is 2.29 bits per heavy atom. The minimum Gasteiger partial charge on any atom is -0.396 e. The Balaban J connectivity index is 2.93. The number of aromatic nitrogens is 1. The molecule has 2 unspecified atom stereocenters. The topological polar surface area (TPSA) is 59.1 Å². The predicted molar refractivity (Wildman–Crippen MR) is 57.1 cm³/mol. The van der Waals surface area contributed by atoms with Gasteiger partial charge in [-0.3, -0.25) is 4.98 Å². The van der Waals surface area contributed by atoms with Crippen molar-refractivity contribution in [1.82, 2.24) is 4.98 Å². The van der Waals surface area contributed by atoms with Crippen LogP contribution in [0.4, 0.5) is 0 Å². The zero-order valence-electron chi connectivity index (χ0n) is 8.77. The zero-order valence-corrected chi connectivity index (χ0v) is 8.77. The first-order valence-electron chi connectivity index (χ1n) is 4.93. The Kier molecular flexibility index (Phi) is 4.04. The average Bonchev–Trinajstić information content (AvgIpc) is 2.15. The molecule has 3 N–H and O–H groups in total. The number of hydrogen-bond acceptors (Lipinski definition) is 3. The van der Waals surface area contributed by atoms with E-state index in [1.807, 2.05) is 26.1 Å². The van der Waals surface area contributed by atoms with Gasteiger partial charge >= 0.3 is 0 Å². The maximum absolute atomic E-state index is 8.96. The number of hydrogen-bond donors (Lipinski definition) is 2. The Morgan fingerprint density at radius 1 is 1.57 bits per heavy atom. The zero-order chi connectivity index (χ0) is 10.6. The second kappa shape index (κ2) is 5.08. The monoisotopic (exact) mass is 194 g/mol. The molecule has 3 nitrogen and oxygen atoms in total. The molecule has 0 aliphatic heterocycles. The van der Waals surface area contributed by atoms with Crippen molar-refractivity contribution in [3.05, 3.63) is 29.6 Å². The quantitative estimate of drug-likeness (QED) is 0.757. The lowest BCUT2D eigenvalue weighted by Gasteiger charge is -2.21. The summed E-state index contributed by atoms with van der Waals surface area (Å²) < 4.78 is 0. The normalized spacial score (nSPS) is 15.1. The van der Waals surface area contributed by atoms with E-state index in [0.717, 1.165) is 5.56 Å². The molecule has 0 aliphatic rings. The maximum atomic E-state index is 8.96. The second-order valence-corrected chi connectivity index (χ2v) is 3.71. The second-order valence-electron chi connectivity index (χ2n) is 3.71. The van der Waals surface area contributed by atoms with Crippen molar-refractivity contribution in [2.24, 2.45) is 5.73 Å². The van der Waals surface area contributed by atoms with Crippen LogP contribution >= 0.6 is 0 Å². The van der Waals surface area contributed by atoms with Crippen molar-refractivity contribution in [3.63, 3.8) is 0 Å². The third kappa shape index (κ3) is 2.53. The van der Waals surface area contributed by atoms with Gasteiger partial charge in [-0.15, -0.1) is 0 Å². The fourth-order valence-electron chi connectivity index (χ4n) is 1.71. The van der Waals surface area contributed by atoms with Crippen LogP contribution in [0.25, 0.3) is 0 Å². The summed E-state index contributed by atoms with van der Waals surface area (Å²) in [6.45, 7) is 4.18. The Labute approximate surface area is 85.0 Å². The molecule has 0 amide bonds. The lowest BCUT2D eigenvalue weighted by molar-refractivity contribution is 0.268. The van der Waals surface area contributed by atoms with E-state index >= 15 is 0 Å². The smallest absolute Gasteiger partial charge is 0.0437 e. The number of pyridine rings is 1. The molecule has 0 spiro atoms. The van der Waals surface area contributed by atoms with Gasteiger partial charge in [0.1, 0.15) is 0 Å². The molecule has 0 radical (unpaired) electrons. The van der Waals surface area contributed by atoms with E-state index in [0.29, 0.717) is 6.42 Å². The first-order valence-corrected chi connectivity index (χ1v) is 4.93. The van der Waals surface area contributed by atoms with E-state index in [1.165, 1.54) is 5.56 Å². The van der Waals surface area contributed by atoms with Crippen LogP contribution in [0, 0.1) is 6.92 Å². The van der Waals surface area contributed by atoms with Crippen LogP contribution in [0.5, 0.6) is 0 Å². The van der Waals surface area contributed by atoms with E-state index in [2.05, 4.69) is 4.98 Å². The van der Waals surface area contributed by atoms with Crippen molar-refractivity contribution in [2.75, 3.05) is 6.61 Å². The summed E-state index contributed by atoms with van der Waals surface area (Å²) in [6.07, 6.45) is 4.32. The fourth-order valence-corrected chi connectivity index (χ4v) is 1.71. The van der Waals surface area contributed by atoms with Gasteiger partial charge in [-0.1, -0.05) is 0 Å². The van der Waals surface area contributed by atoms with Crippen LogP contribution in [-0.4, -0.2) is 22.7 Å². The standard InChI is InChI=1S/C11H18N2O/c1-8-3-5-13-7-11(8)10(4-6-14)9(2)12/h3,5,7,9-10,14H,4,6,12H2,1-2H3. The number of nitrogens with two attached hydrogens (primary N) is 1. The molecule has 0 aromatic carbocycles. The van der Waals surface area contributed by atoms with E-state index in [1.54, 1.807) is 6.20 Å².